The van der Waals surface area contributed by atoms with Gasteiger partial charge in [-0.25, -0.2) is 0 Å². The maximum absolute atomic E-state index is 5.36. The lowest BCUT2D eigenvalue weighted by Crippen LogP contribution is -2.41. The monoisotopic (exact) mass is 257 g/mol. The maximum atomic E-state index is 5.36. The van der Waals surface area contributed by atoms with Crippen molar-refractivity contribution < 1.29 is 4.74 Å². The summed E-state index contributed by atoms with van der Waals surface area (Å²) in [6, 6.07) is 11.3. The summed E-state index contributed by atoms with van der Waals surface area (Å²) in [4.78, 5) is 0. The summed E-state index contributed by atoms with van der Waals surface area (Å²) in [5, 5.41) is 7.87. The molecule has 0 saturated heterocycles. The predicted octanol–water partition coefficient (Wildman–Crippen LogP) is 2.39. The number of nitrogens with one attached hydrogen (secondary N) is 1. The molecule has 4 nitrogen and oxygen atoms in total. The van der Waals surface area contributed by atoms with E-state index in [-0.39, 0.29) is 0 Å². The lowest BCUT2D eigenvalue weighted by molar-refractivity contribution is 0.209. The highest BCUT2D eigenvalue weighted by atomic mass is 16.5. The molecule has 1 aliphatic rings. The van der Waals surface area contributed by atoms with Gasteiger partial charge in [-0.2, -0.15) is 5.10 Å². The summed E-state index contributed by atoms with van der Waals surface area (Å²) in [6.07, 6.45) is 6.18. The van der Waals surface area contributed by atoms with Crippen LogP contribution in [0.15, 0.2) is 42.7 Å². The van der Waals surface area contributed by atoms with E-state index in [1.165, 1.54) is 5.56 Å². The van der Waals surface area contributed by atoms with Crippen molar-refractivity contribution in [2.24, 2.45) is 0 Å². The highest BCUT2D eigenvalue weighted by molar-refractivity contribution is 5.33. The highest BCUT2D eigenvalue weighted by Crippen LogP contribution is 2.31. The molecule has 1 aliphatic carbocycles. The molecule has 0 bridgehead atoms. The fourth-order valence-corrected chi connectivity index (χ4v) is 2.57. The van der Waals surface area contributed by atoms with Crippen molar-refractivity contribution >= 4 is 0 Å². The van der Waals surface area contributed by atoms with Crippen molar-refractivity contribution in [3.63, 3.8) is 0 Å². The van der Waals surface area contributed by atoms with Gasteiger partial charge in [-0.3, -0.25) is 4.68 Å². The third-order valence-electron chi connectivity index (χ3n) is 3.79. The summed E-state index contributed by atoms with van der Waals surface area (Å²) in [6.45, 7) is 0.862. The molecular weight excluding hydrogens is 238 g/mol. The van der Waals surface area contributed by atoms with E-state index >= 15 is 0 Å². The molecule has 1 saturated carbocycles. The van der Waals surface area contributed by atoms with E-state index in [1.54, 1.807) is 7.11 Å². The maximum Gasteiger partial charge on any atom is 0.123 e. The third-order valence-corrected chi connectivity index (χ3v) is 3.79. The molecule has 1 heterocycles. The molecule has 4 heteroatoms. The van der Waals surface area contributed by atoms with Crippen LogP contribution >= 0.6 is 0 Å². The molecule has 2 aromatic rings. The Kier molecular flexibility index (Phi) is 3.51. The van der Waals surface area contributed by atoms with Crippen molar-refractivity contribution in [3.05, 3.63) is 48.3 Å². The first-order valence-corrected chi connectivity index (χ1v) is 6.71. The van der Waals surface area contributed by atoms with Crippen LogP contribution in [-0.4, -0.2) is 22.9 Å². The van der Waals surface area contributed by atoms with Gasteiger partial charge in [0.15, 0.2) is 0 Å². The molecular formula is C15H19N3O. The van der Waals surface area contributed by atoms with Crippen LogP contribution in [0.4, 0.5) is 0 Å². The first kappa shape index (κ1) is 12.2. The summed E-state index contributed by atoms with van der Waals surface area (Å²) in [7, 11) is 1.72. The Morgan fingerprint density at radius 2 is 2.16 bits per heavy atom. The molecule has 1 fully saturated rings. The standard InChI is InChI=1S/C15H19N3O/c1-19-15-6-3-2-5-12(15)11-16-13-9-14(10-13)18-8-4-7-17-18/h2-8,13-14,16H,9-11H2,1H3. The lowest BCUT2D eigenvalue weighted by Gasteiger charge is -2.36. The van der Waals surface area contributed by atoms with Crippen molar-refractivity contribution in [2.45, 2.75) is 31.5 Å². The molecule has 0 unspecified atom stereocenters. The van der Waals surface area contributed by atoms with Gasteiger partial charge in [0.2, 0.25) is 0 Å². The van der Waals surface area contributed by atoms with Crippen LogP contribution in [0.2, 0.25) is 0 Å². The van der Waals surface area contributed by atoms with Crippen molar-refractivity contribution in [3.8, 4) is 5.75 Å². The second kappa shape index (κ2) is 5.45. The summed E-state index contributed by atoms with van der Waals surface area (Å²) in [5.41, 5.74) is 1.22. The van der Waals surface area contributed by atoms with Crippen molar-refractivity contribution in [2.75, 3.05) is 7.11 Å². The van der Waals surface area contributed by atoms with E-state index in [1.807, 2.05) is 36.7 Å². The Labute approximate surface area is 113 Å². The Bertz CT molecular complexity index is 518. The van der Waals surface area contributed by atoms with Crippen molar-refractivity contribution in [1.29, 1.82) is 0 Å². The van der Waals surface area contributed by atoms with E-state index in [0.29, 0.717) is 12.1 Å². The summed E-state index contributed by atoms with van der Waals surface area (Å²) >= 11 is 0. The fraction of sp³-hybridized carbons (Fsp3) is 0.400. The van der Waals surface area contributed by atoms with Crippen LogP contribution in [0.1, 0.15) is 24.4 Å². The molecule has 0 aliphatic heterocycles. The zero-order valence-corrected chi connectivity index (χ0v) is 11.1. The Morgan fingerprint density at radius 3 is 2.89 bits per heavy atom. The number of rotatable bonds is 5. The first-order chi connectivity index (χ1) is 9.36. The van der Waals surface area contributed by atoms with Gasteiger partial charge < -0.3 is 10.1 Å². The molecule has 1 aromatic carbocycles. The normalized spacial score (nSPS) is 21.9. The van der Waals surface area contributed by atoms with E-state index in [0.717, 1.165) is 25.1 Å². The van der Waals surface area contributed by atoms with Crippen LogP contribution in [0.25, 0.3) is 0 Å². The zero-order valence-electron chi connectivity index (χ0n) is 11.1. The number of benzene rings is 1. The minimum atomic E-state index is 0.560. The minimum absolute atomic E-state index is 0.560. The first-order valence-electron chi connectivity index (χ1n) is 6.71. The fourth-order valence-electron chi connectivity index (χ4n) is 2.57. The van der Waals surface area contributed by atoms with Gasteiger partial charge in [0, 0.05) is 30.5 Å². The number of para-hydroxylation sites is 1. The van der Waals surface area contributed by atoms with Gasteiger partial charge in [-0.1, -0.05) is 18.2 Å². The van der Waals surface area contributed by atoms with Crippen LogP contribution in [0.5, 0.6) is 5.75 Å². The summed E-state index contributed by atoms with van der Waals surface area (Å²) < 4.78 is 7.41. The van der Waals surface area contributed by atoms with Crippen LogP contribution in [-0.2, 0) is 6.54 Å². The number of ether oxygens (including phenoxy) is 1. The van der Waals surface area contributed by atoms with Gasteiger partial charge >= 0.3 is 0 Å². The number of hydrogen-bond donors (Lipinski definition) is 1. The lowest BCUT2D eigenvalue weighted by atomic mass is 9.87. The molecule has 0 spiro atoms. The second-order valence-corrected chi connectivity index (χ2v) is 5.00. The van der Waals surface area contributed by atoms with Crippen LogP contribution in [0.3, 0.4) is 0 Å². The molecule has 1 aromatic heterocycles. The number of aromatic nitrogens is 2. The molecule has 1 N–H and O–H groups in total. The highest BCUT2D eigenvalue weighted by Gasteiger charge is 2.30. The van der Waals surface area contributed by atoms with Crippen LogP contribution < -0.4 is 10.1 Å². The zero-order chi connectivity index (χ0) is 13.1. The second-order valence-electron chi connectivity index (χ2n) is 5.00. The van der Waals surface area contributed by atoms with Crippen LogP contribution in [0, 0.1) is 0 Å². The number of methoxy groups -OCH3 is 1. The van der Waals surface area contributed by atoms with E-state index in [2.05, 4.69) is 21.2 Å². The molecule has 0 atom stereocenters. The molecule has 0 radical (unpaired) electrons. The smallest absolute Gasteiger partial charge is 0.123 e. The number of nitrogens with zero attached hydrogens (tertiary/aromatic N) is 2. The average Bonchev–Trinajstić information content (AvgIpc) is 2.91. The SMILES string of the molecule is COc1ccccc1CNC1CC(n2cccn2)C1. The molecule has 19 heavy (non-hydrogen) atoms. The Hall–Kier alpha value is -1.81. The average molecular weight is 257 g/mol. The summed E-state index contributed by atoms with van der Waals surface area (Å²) in [5.74, 6) is 0.956. The van der Waals surface area contributed by atoms with E-state index in [4.69, 9.17) is 4.74 Å². The third kappa shape index (κ3) is 2.63. The molecule has 100 valence electrons. The Balaban J connectivity index is 1.49. The van der Waals surface area contributed by atoms with Gasteiger partial charge in [-0.15, -0.1) is 0 Å². The topological polar surface area (TPSA) is 39.1 Å². The quantitative estimate of drug-likeness (QED) is 0.894. The van der Waals surface area contributed by atoms with Gasteiger partial charge in [0.25, 0.3) is 0 Å². The van der Waals surface area contributed by atoms with Gasteiger partial charge in [-0.05, 0) is 25.0 Å². The Morgan fingerprint density at radius 1 is 1.32 bits per heavy atom. The number of hydrogen-bond acceptors (Lipinski definition) is 3. The van der Waals surface area contributed by atoms with E-state index in [9.17, 15) is 0 Å². The van der Waals surface area contributed by atoms with Gasteiger partial charge in [0.05, 0.1) is 13.2 Å². The molecule has 0 amide bonds. The molecule has 3 rings (SSSR count). The largest absolute Gasteiger partial charge is 0.496 e. The van der Waals surface area contributed by atoms with Crippen molar-refractivity contribution in [1.82, 2.24) is 15.1 Å². The van der Waals surface area contributed by atoms with Gasteiger partial charge in [0.1, 0.15) is 5.75 Å². The minimum Gasteiger partial charge on any atom is -0.496 e. The van der Waals surface area contributed by atoms with E-state index < -0.39 is 0 Å². The predicted molar refractivity (Wildman–Crippen MR) is 74.1 cm³/mol.